The molecule has 2 aromatic rings. The molecule has 0 spiro atoms. The van der Waals surface area contributed by atoms with Gasteiger partial charge in [-0.15, -0.1) is 6.58 Å². The molecule has 2 aromatic carbocycles. The fourth-order valence-electron chi connectivity index (χ4n) is 3.26. The molecular formula is C24H25IN2O4. The minimum Gasteiger partial charge on any atom is -0.490 e. The van der Waals surface area contributed by atoms with E-state index in [9.17, 15) is 9.59 Å². The van der Waals surface area contributed by atoms with Gasteiger partial charge in [-0.1, -0.05) is 18.2 Å². The number of amides is 3. The van der Waals surface area contributed by atoms with Gasteiger partial charge >= 0.3 is 6.03 Å². The molecule has 0 aromatic heterocycles. The number of allylic oxidation sites excluding steroid dienone is 1. The Bertz CT molecular complexity index is 1010. The first-order chi connectivity index (χ1) is 15.0. The smallest absolute Gasteiger partial charge is 0.328 e. The third kappa shape index (κ3) is 5.46. The highest BCUT2D eigenvalue weighted by atomic mass is 127. The van der Waals surface area contributed by atoms with Crippen LogP contribution in [0.5, 0.6) is 11.5 Å². The van der Waals surface area contributed by atoms with Crippen molar-refractivity contribution in [2.45, 2.75) is 26.9 Å². The largest absolute Gasteiger partial charge is 0.490 e. The maximum atomic E-state index is 12.4. The van der Waals surface area contributed by atoms with E-state index < -0.39 is 6.03 Å². The van der Waals surface area contributed by atoms with Gasteiger partial charge in [0.25, 0.3) is 5.91 Å². The fourth-order valence-corrected chi connectivity index (χ4v) is 3.62. The van der Waals surface area contributed by atoms with Crippen molar-refractivity contribution in [2.75, 3.05) is 13.2 Å². The van der Waals surface area contributed by atoms with Crippen molar-refractivity contribution in [2.24, 2.45) is 0 Å². The van der Waals surface area contributed by atoms with Gasteiger partial charge in [0.2, 0.25) is 0 Å². The van der Waals surface area contributed by atoms with E-state index in [0.29, 0.717) is 37.7 Å². The second-order valence-corrected chi connectivity index (χ2v) is 8.13. The lowest BCUT2D eigenvalue weighted by molar-refractivity contribution is -0.122. The van der Waals surface area contributed by atoms with Gasteiger partial charge in [-0.05, 0) is 84.3 Å². The third-order valence-corrected chi connectivity index (χ3v) is 5.42. The van der Waals surface area contributed by atoms with Crippen molar-refractivity contribution < 1.29 is 19.1 Å². The summed E-state index contributed by atoms with van der Waals surface area (Å²) in [6, 6.07) is 11.5. The number of benzene rings is 2. The molecule has 3 amide bonds. The Hall–Kier alpha value is -2.81. The van der Waals surface area contributed by atoms with E-state index in [2.05, 4.69) is 34.5 Å². The zero-order chi connectivity index (χ0) is 22.4. The number of imide groups is 1. The summed E-state index contributed by atoms with van der Waals surface area (Å²) in [4.78, 5) is 25.5. The first kappa shape index (κ1) is 22.9. The third-order valence-electron chi connectivity index (χ3n) is 4.70. The highest BCUT2D eigenvalue weighted by Crippen LogP contribution is 2.35. The molecule has 1 fully saturated rings. The lowest BCUT2D eigenvalue weighted by Gasteiger charge is -2.17. The number of rotatable bonds is 9. The minimum absolute atomic E-state index is 0.242. The lowest BCUT2D eigenvalue weighted by atomic mass is 10.0. The Labute approximate surface area is 196 Å². The van der Waals surface area contributed by atoms with E-state index in [1.54, 1.807) is 19.1 Å². The molecule has 0 radical (unpaired) electrons. The number of nitrogens with zero attached hydrogens (tertiary/aromatic N) is 1. The van der Waals surface area contributed by atoms with E-state index in [0.717, 1.165) is 20.3 Å². The van der Waals surface area contributed by atoms with Crippen molar-refractivity contribution in [3.05, 3.63) is 75.0 Å². The number of hydrogen-bond donors (Lipinski definition) is 1. The van der Waals surface area contributed by atoms with Crippen LogP contribution >= 0.6 is 22.6 Å². The Morgan fingerprint density at radius 3 is 2.48 bits per heavy atom. The molecule has 1 saturated heterocycles. The van der Waals surface area contributed by atoms with Crippen LogP contribution in [0.4, 0.5) is 4.79 Å². The second kappa shape index (κ2) is 10.5. The number of carbonyl (C=O) groups is 2. The van der Waals surface area contributed by atoms with E-state index in [-0.39, 0.29) is 11.6 Å². The van der Waals surface area contributed by atoms with E-state index in [4.69, 9.17) is 9.47 Å². The SMILES string of the molecule is C=CCc1cc(/C=C2/NC(=O)N(CC)C2=O)cc(OCC)c1OCc1ccc(I)cc1. The standard InChI is InChI=1S/C24H25IN2O4/c1-4-7-18-12-17(13-20-23(28)27(5-2)24(29)26-20)14-21(30-6-3)22(18)31-15-16-8-10-19(25)11-9-16/h4,8-14H,1,5-7,15H2,2-3H3,(H,26,29)/b20-13+. The van der Waals surface area contributed by atoms with Gasteiger partial charge in [-0.3, -0.25) is 9.69 Å². The number of carbonyl (C=O) groups excluding carboxylic acids is 2. The van der Waals surface area contributed by atoms with Gasteiger partial charge in [0, 0.05) is 15.7 Å². The maximum Gasteiger partial charge on any atom is 0.328 e. The maximum absolute atomic E-state index is 12.4. The summed E-state index contributed by atoms with van der Waals surface area (Å²) in [6.07, 6.45) is 4.02. The van der Waals surface area contributed by atoms with Crippen molar-refractivity contribution in [1.82, 2.24) is 10.2 Å². The summed E-state index contributed by atoms with van der Waals surface area (Å²) >= 11 is 2.27. The average molecular weight is 532 g/mol. The van der Waals surface area contributed by atoms with Crippen LogP contribution in [-0.2, 0) is 17.8 Å². The van der Waals surface area contributed by atoms with Crippen molar-refractivity contribution >= 4 is 40.6 Å². The molecule has 1 aliphatic heterocycles. The molecular weight excluding hydrogens is 507 g/mol. The Kier molecular flexibility index (Phi) is 7.73. The summed E-state index contributed by atoms with van der Waals surface area (Å²) < 4.78 is 13.2. The summed E-state index contributed by atoms with van der Waals surface area (Å²) in [7, 11) is 0. The molecule has 3 rings (SSSR count). The van der Waals surface area contributed by atoms with Gasteiger partial charge in [0.1, 0.15) is 12.3 Å². The number of hydrogen-bond acceptors (Lipinski definition) is 4. The van der Waals surface area contributed by atoms with Gasteiger partial charge in [-0.2, -0.15) is 0 Å². The zero-order valence-electron chi connectivity index (χ0n) is 17.6. The van der Waals surface area contributed by atoms with Crippen molar-refractivity contribution in [1.29, 1.82) is 0 Å². The van der Waals surface area contributed by atoms with Gasteiger partial charge in [0.15, 0.2) is 11.5 Å². The fraction of sp³-hybridized carbons (Fsp3) is 0.250. The summed E-state index contributed by atoms with van der Waals surface area (Å²) in [5, 5.41) is 2.63. The lowest BCUT2D eigenvalue weighted by Crippen LogP contribution is -2.30. The van der Waals surface area contributed by atoms with Crippen LogP contribution in [0.15, 0.2) is 54.8 Å². The summed E-state index contributed by atoms with van der Waals surface area (Å²) in [5.41, 5.74) is 2.93. The Morgan fingerprint density at radius 1 is 1.13 bits per heavy atom. The zero-order valence-corrected chi connectivity index (χ0v) is 19.8. The van der Waals surface area contributed by atoms with Gasteiger partial charge < -0.3 is 14.8 Å². The van der Waals surface area contributed by atoms with Crippen LogP contribution in [0, 0.1) is 3.57 Å². The Morgan fingerprint density at radius 2 is 1.87 bits per heavy atom. The predicted octanol–water partition coefficient (Wildman–Crippen LogP) is 4.91. The van der Waals surface area contributed by atoms with Gasteiger partial charge in [-0.25, -0.2) is 4.79 Å². The van der Waals surface area contributed by atoms with Crippen molar-refractivity contribution in [3.8, 4) is 11.5 Å². The van der Waals surface area contributed by atoms with Crippen molar-refractivity contribution in [3.63, 3.8) is 0 Å². The molecule has 7 heteroatoms. The van der Waals surface area contributed by atoms with E-state index in [1.807, 2.05) is 43.3 Å². The number of ether oxygens (including phenoxy) is 2. The van der Waals surface area contributed by atoms with E-state index in [1.165, 1.54) is 4.90 Å². The molecule has 1 aliphatic rings. The Balaban J connectivity index is 1.95. The number of halogens is 1. The van der Waals surface area contributed by atoms with Crippen LogP contribution in [0.2, 0.25) is 0 Å². The molecule has 0 saturated carbocycles. The summed E-state index contributed by atoms with van der Waals surface area (Å²) in [6.45, 7) is 8.70. The van der Waals surface area contributed by atoms with Crippen LogP contribution in [0.3, 0.4) is 0 Å². The average Bonchev–Trinajstić information content (AvgIpc) is 3.01. The van der Waals surface area contributed by atoms with Crippen LogP contribution in [-0.4, -0.2) is 30.0 Å². The molecule has 0 unspecified atom stereocenters. The first-order valence-corrected chi connectivity index (χ1v) is 11.2. The quantitative estimate of drug-likeness (QED) is 0.216. The van der Waals surface area contributed by atoms with Gasteiger partial charge in [0.05, 0.1) is 6.61 Å². The first-order valence-electron chi connectivity index (χ1n) is 10.1. The number of urea groups is 1. The highest BCUT2D eigenvalue weighted by molar-refractivity contribution is 14.1. The van der Waals surface area contributed by atoms with Crippen LogP contribution in [0.1, 0.15) is 30.5 Å². The number of nitrogens with one attached hydrogen (secondary N) is 1. The predicted molar refractivity (Wildman–Crippen MR) is 129 cm³/mol. The monoisotopic (exact) mass is 532 g/mol. The molecule has 6 nitrogen and oxygen atoms in total. The second-order valence-electron chi connectivity index (χ2n) is 6.89. The summed E-state index contributed by atoms with van der Waals surface area (Å²) in [5.74, 6) is 0.900. The molecule has 0 aliphatic carbocycles. The molecule has 162 valence electrons. The molecule has 31 heavy (non-hydrogen) atoms. The topological polar surface area (TPSA) is 67.9 Å². The minimum atomic E-state index is -0.410. The molecule has 1 N–H and O–H groups in total. The molecule has 1 heterocycles. The highest BCUT2D eigenvalue weighted by Gasteiger charge is 2.32. The molecule has 0 bridgehead atoms. The number of likely N-dealkylation sites (N-methyl/N-ethyl adjacent to an activating group) is 1. The normalized spacial score (nSPS) is 14.7. The van der Waals surface area contributed by atoms with E-state index >= 15 is 0 Å². The van der Waals surface area contributed by atoms with Crippen LogP contribution < -0.4 is 14.8 Å². The van der Waals surface area contributed by atoms with Crippen LogP contribution in [0.25, 0.3) is 6.08 Å². The molecule has 0 atom stereocenters.